The topological polar surface area (TPSA) is 68.0 Å². The van der Waals surface area contributed by atoms with Gasteiger partial charge in [-0.2, -0.15) is 11.3 Å². The summed E-state index contributed by atoms with van der Waals surface area (Å²) in [4.78, 5) is 15.9. The number of nitrogens with zero attached hydrogens (tertiary/aromatic N) is 1. The first-order valence-electron chi connectivity index (χ1n) is 5.69. The Kier molecular flexibility index (Phi) is 3.94. The smallest absolute Gasteiger partial charge is 0.272 e. The maximum Gasteiger partial charge on any atom is 0.272 e. The van der Waals surface area contributed by atoms with Crippen molar-refractivity contribution in [3.8, 4) is 0 Å². The molecule has 5 heteroatoms. The Labute approximate surface area is 110 Å². The summed E-state index contributed by atoms with van der Waals surface area (Å²) in [5.74, 6) is -0.226. The molecular formula is C13H15N3OS. The van der Waals surface area contributed by atoms with Crippen molar-refractivity contribution in [3.63, 3.8) is 0 Å². The van der Waals surface area contributed by atoms with Crippen LogP contribution in [-0.2, 0) is 6.42 Å². The van der Waals surface area contributed by atoms with Crippen LogP contribution in [0.2, 0.25) is 0 Å². The SMILES string of the molecule is CC(Cc1ccsc1)NC(=O)c1ncccc1N. The number of nitrogen functional groups attached to an aromatic ring is 1. The number of carbonyl (C=O) groups excluding carboxylic acids is 1. The molecule has 0 saturated heterocycles. The lowest BCUT2D eigenvalue weighted by atomic mass is 10.1. The highest BCUT2D eigenvalue weighted by Crippen LogP contribution is 2.10. The number of carbonyl (C=O) groups is 1. The number of amides is 1. The number of nitrogens with two attached hydrogens (primary N) is 1. The van der Waals surface area contributed by atoms with E-state index in [4.69, 9.17) is 5.73 Å². The molecule has 2 heterocycles. The van der Waals surface area contributed by atoms with Gasteiger partial charge in [0, 0.05) is 12.2 Å². The van der Waals surface area contributed by atoms with Gasteiger partial charge in [-0.25, -0.2) is 4.98 Å². The van der Waals surface area contributed by atoms with Crippen molar-refractivity contribution in [2.45, 2.75) is 19.4 Å². The molecule has 4 nitrogen and oxygen atoms in total. The number of aromatic nitrogens is 1. The molecule has 2 rings (SSSR count). The number of hydrogen-bond acceptors (Lipinski definition) is 4. The first-order valence-corrected chi connectivity index (χ1v) is 6.63. The van der Waals surface area contributed by atoms with Crippen LogP contribution in [0.4, 0.5) is 5.69 Å². The molecular weight excluding hydrogens is 246 g/mol. The summed E-state index contributed by atoms with van der Waals surface area (Å²) in [5, 5.41) is 7.01. The minimum Gasteiger partial charge on any atom is -0.397 e. The zero-order valence-electron chi connectivity index (χ0n) is 10.1. The molecule has 3 N–H and O–H groups in total. The molecule has 0 aromatic carbocycles. The number of rotatable bonds is 4. The Hall–Kier alpha value is -1.88. The van der Waals surface area contributed by atoms with Gasteiger partial charge in [-0.1, -0.05) is 0 Å². The fourth-order valence-electron chi connectivity index (χ4n) is 1.71. The largest absolute Gasteiger partial charge is 0.397 e. The molecule has 0 fully saturated rings. The van der Waals surface area contributed by atoms with Gasteiger partial charge in [0.1, 0.15) is 0 Å². The lowest BCUT2D eigenvalue weighted by Crippen LogP contribution is -2.34. The summed E-state index contributed by atoms with van der Waals surface area (Å²) < 4.78 is 0. The number of hydrogen-bond donors (Lipinski definition) is 2. The van der Waals surface area contributed by atoms with E-state index in [1.54, 1.807) is 29.7 Å². The normalized spacial score (nSPS) is 12.1. The van der Waals surface area contributed by atoms with Crippen molar-refractivity contribution in [1.82, 2.24) is 10.3 Å². The fraction of sp³-hybridized carbons (Fsp3) is 0.231. The predicted octanol–water partition coefficient (Wildman–Crippen LogP) is 2.09. The van der Waals surface area contributed by atoms with Crippen LogP contribution in [0.25, 0.3) is 0 Å². The second-order valence-electron chi connectivity index (χ2n) is 4.15. The number of anilines is 1. The third kappa shape index (κ3) is 3.07. The minimum atomic E-state index is -0.226. The zero-order chi connectivity index (χ0) is 13.0. The molecule has 1 unspecified atom stereocenters. The fourth-order valence-corrected chi connectivity index (χ4v) is 2.39. The lowest BCUT2D eigenvalue weighted by Gasteiger charge is -2.13. The van der Waals surface area contributed by atoms with Gasteiger partial charge < -0.3 is 11.1 Å². The quantitative estimate of drug-likeness (QED) is 0.885. The molecule has 1 amide bonds. The molecule has 0 radical (unpaired) electrons. The van der Waals surface area contributed by atoms with Crippen LogP contribution < -0.4 is 11.1 Å². The van der Waals surface area contributed by atoms with Crippen molar-refractivity contribution in [3.05, 3.63) is 46.4 Å². The summed E-state index contributed by atoms with van der Waals surface area (Å²) >= 11 is 1.65. The number of pyridine rings is 1. The minimum absolute atomic E-state index is 0.0495. The van der Waals surface area contributed by atoms with Crippen LogP contribution in [0.1, 0.15) is 23.0 Å². The molecule has 0 aliphatic carbocycles. The van der Waals surface area contributed by atoms with Gasteiger partial charge in [0.2, 0.25) is 0 Å². The van der Waals surface area contributed by atoms with E-state index in [1.807, 2.05) is 12.3 Å². The lowest BCUT2D eigenvalue weighted by molar-refractivity contribution is 0.0936. The number of thiophene rings is 1. The monoisotopic (exact) mass is 261 g/mol. The summed E-state index contributed by atoms with van der Waals surface area (Å²) in [6.07, 6.45) is 2.37. The average molecular weight is 261 g/mol. The van der Waals surface area contributed by atoms with Gasteiger partial charge in [0.15, 0.2) is 5.69 Å². The van der Waals surface area contributed by atoms with Crippen molar-refractivity contribution in [2.75, 3.05) is 5.73 Å². The van der Waals surface area contributed by atoms with Crippen LogP contribution in [-0.4, -0.2) is 16.9 Å². The summed E-state index contributed by atoms with van der Waals surface area (Å²) in [7, 11) is 0. The van der Waals surface area contributed by atoms with Crippen molar-refractivity contribution in [2.24, 2.45) is 0 Å². The maximum absolute atomic E-state index is 12.0. The van der Waals surface area contributed by atoms with E-state index in [0.29, 0.717) is 5.69 Å². The molecule has 2 aromatic rings. The predicted molar refractivity (Wildman–Crippen MR) is 73.6 cm³/mol. The average Bonchev–Trinajstić information content (AvgIpc) is 2.82. The van der Waals surface area contributed by atoms with Crippen LogP contribution in [0.5, 0.6) is 0 Å². The molecule has 94 valence electrons. The third-order valence-corrected chi connectivity index (χ3v) is 3.29. The summed E-state index contributed by atoms with van der Waals surface area (Å²) in [6, 6.07) is 5.49. The Morgan fingerprint density at radius 1 is 1.56 bits per heavy atom. The van der Waals surface area contributed by atoms with Crippen molar-refractivity contribution < 1.29 is 4.79 Å². The molecule has 0 saturated carbocycles. The van der Waals surface area contributed by atoms with E-state index < -0.39 is 0 Å². The van der Waals surface area contributed by atoms with Crippen LogP contribution in [0, 0.1) is 0 Å². The van der Waals surface area contributed by atoms with Crippen molar-refractivity contribution >= 4 is 22.9 Å². The van der Waals surface area contributed by atoms with Crippen molar-refractivity contribution in [1.29, 1.82) is 0 Å². The second kappa shape index (κ2) is 5.64. The maximum atomic E-state index is 12.0. The van der Waals surface area contributed by atoms with E-state index in [0.717, 1.165) is 6.42 Å². The molecule has 1 atom stereocenters. The zero-order valence-corrected chi connectivity index (χ0v) is 10.9. The van der Waals surface area contributed by atoms with Crippen LogP contribution in [0.3, 0.4) is 0 Å². The highest BCUT2D eigenvalue weighted by Gasteiger charge is 2.13. The molecule has 0 spiro atoms. The third-order valence-electron chi connectivity index (χ3n) is 2.55. The van der Waals surface area contributed by atoms with Gasteiger partial charge >= 0.3 is 0 Å². The van der Waals surface area contributed by atoms with Gasteiger partial charge in [0.25, 0.3) is 5.91 Å². The summed E-state index contributed by atoms with van der Waals surface area (Å²) in [6.45, 7) is 1.97. The van der Waals surface area contributed by atoms with Gasteiger partial charge in [-0.05, 0) is 47.9 Å². The van der Waals surface area contributed by atoms with E-state index >= 15 is 0 Å². The molecule has 2 aromatic heterocycles. The van der Waals surface area contributed by atoms with E-state index in [1.165, 1.54) is 5.56 Å². The standard InChI is InChI=1S/C13H15N3OS/c1-9(7-10-4-6-18-8-10)16-13(17)12-11(14)3-2-5-15-12/h2-6,8-9H,7,14H2,1H3,(H,16,17). The summed E-state index contributed by atoms with van der Waals surface area (Å²) in [5.41, 5.74) is 7.62. The van der Waals surface area contributed by atoms with Crippen LogP contribution in [0.15, 0.2) is 35.2 Å². The van der Waals surface area contributed by atoms with Crippen LogP contribution >= 0.6 is 11.3 Å². The van der Waals surface area contributed by atoms with Gasteiger partial charge in [-0.15, -0.1) is 0 Å². The highest BCUT2D eigenvalue weighted by molar-refractivity contribution is 7.07. The first kappa shape index (κ1) is 12.6. The Bertz CT molecular complexity index is 525. The highest BCUT2D eigenvalue weighted by atomic mass is 32.1. The Morgan fingerprint density at radius 3 is 3.06 bits per heavy atom. The number of nitrogens with one attached hydrogen (secondary N) is 1. The Morgan fingerprint density at radius 2 is 2.39 bits per heavy atom. The van der Waals surface area contributed by atoms with E-state index in [9.17, 15) is 4.79 Å². The molecule has 0 aliphatic rings. The first-order chi connectivity index (χ1) is 8.66. The van der Waals surface area contributed by atoms with Gasteiger partial charge in [0.05, 0.1) is 5.69 Å². The second-order valence-corrected chi connectivity index (χ2v) is 4.93. The molecule has 0 bridgehead atoms. The molecule has 18 heavy (non-hydrogen) atoms. The van der Waals surface area contributed by atoms with E-state index in [-0.39, 0.29) is 17.6 Å². The Balaban J connectivity index is 1.97. The van der Waals surface area contributed by atoms with E-state index in [2.05, 4.69) is 21.7 Å². The van der Waals surface area contributed by atoms with Gasteiger partial charge in [-0.3, -0.25) is 4.79 Å². The molecule has 0 aliphatic heterocycles.